The minimum absolute atomic E-state index is 0.197. The van der Waals surface area contributed by atoms with E-state index in [4.69, 9.17) is 9.98 Å². The Morgan fingerprint density at radius 2 is 0.833 bits per heavy atom. The van der Waals surface area contributed by atoms with Crippen LogP contribution in [0.5, 0.6) is 11.5 Å². The Bertz CT molecular complexity index is 1820. The molecule has 2 N–H and O–H groups in total. The highest BCUT2D eigenvalue weighted by Crippen LogP contribution is 2.35. The summed E-state index contributed by atoms with van der Waals surface area (Å²) in [5, 5.41) is 23.8. The molecule has 0 aliphatic rings. The molecule has 0 atom stereocenters. The molecular weight excluding hydrogens is 516 g/mol. The second-order valence-corrected chi connectivity index (χ2v) is 10.4. The molecule has 0 fully saturated rings. The zero-order chi connectivity index (χ0) is 29.1. The Hall–Kier alpha value is -5.48. The van der Waals surface area contributed by atoms with Gasteiger partial charge in [0.05, 0.1) is 11.4 Å². The number of aliphatic imine (C=N–C) groups is 2. The van der Waals surface area contributed by atoms with Gasteiger partial charge < -0.3 is 10.2 Å². The van der Waals surface area contributed by atoms with Gasteiger partial charge in [0, 0.05) is 23.6 Å². The van der Waals surface area contributed by atoms with Crippen LogP contribution in [0.25, 0.3) is 33.0 Å². The first-order valence-corrected chi connectivity index (χ1v) is 13.9. The van der Waals surface area contributed by atoms with Crippen molar-refractivity contribution >= 4 is 34.6 Å². The van der Waals surface area contributed by atoms with E-state index in [1.54, 1.807) is 12.4 Å². The molecule has 0 radical (unpaired) electrons. The van der Waals surface area contributed by atoms with Crippen LogP contribution < -0.4 is 0 Å². The molecule has 6 aromatic carbocycles. The van der Waals surface area contributed by atoms with Crippen molar-refractivity contribution in [1.29, 1.82) is 0 Å². The standard InChI is InChI=1S/C38H30N2O2/c1-25-17-31(27-11-5-3-6-12-27)19-33(37(25)41)23-39-35-21-29-15-9-10-16-30(29)22-36(35)40-24-34-20-32(18-26(2)38(34)42)28-13-7-4-8-14-28/h3-24,41-42H,1-2H3. The Balaban J connectivity index is 1.42. The third-order valence-electron chi connectivity index (χ3n) is 7.40. The summed E-state index contributed by atoms with van der Waals surface area (Å²) in [5.41, 5.74) is 8.27. The van der Waals surface area contributed by atoms with Crippen molar-refractivity contribution in [1.82, 2.24) is 0 Å². The van der Waals surface area contributed by atoms with Gasteiger partial charge in [-0.2, -0.15) is 0 Å². The lowest BCUT2D eigenvalue weighted by Crippen LogP contribution is -1.90. The van der Waals surface area contributed by atoms with Crippen LogP contribution >= 0.6 is 0 Å². The zero-order valence-electron chi connectivity index (χ0n) is 23.5. The van der Waals surface area contributed by atoms with Crippen molar-refractivity contribution in [2.24, 2.45) is 9.98 Å². The van der Waals surface area contributed by atoms with E-state index < -0.39 is 0 Å². The fraction of sp³-hybridized carbons (Fsp3) is 0.0526. The highest BCUT2D eigenvalue weighted by molar-refractivity contribution is 5.96. The van der Waals surface area contributed by atoms with Gasteiger partial charge in [0.2, 0.25) is 0 Å². The van der Waals surface area contributed by atoms with Crippen molar-refractivity contribution in [3.63, 3.8) is 0 Å². The van der Waals surface area contributed by atoms with Gasteiger partial charge in [0.15, 0.2) is 0 Å². The van der Waals surface area contributed by atoms with Gasteiger partial charge in [0.1, 0.15) is 11.5 Å². The highest BCUT2D eigenvalue weighted by atomic mass is 16.3. The number of fused-ring (bicyclic) bond motifs is 1. The van der Waals surface area contributed by atoms with Crippen molar-refractivity contribution in [3.05, 3.63) is 144 Å². The molecule has 0 bridgehead atoms. The summed E-state index contributed by atoms with van der Waals surface area (Å²) < 4.78 is 0. The third kappa shape index (κ3) is 5.56. The van der Waals surface area contributed by atoms with Crippen LogP contribution in [-0.4, -0.2) is 22.6 Å². The molecule has 6 rings (SSSR count). The fourth-order valence-electron chi connectivity index (χ4n) is 5.11. The molecule has 0 unspecified atom stereocenters. The Kier molecular flexibility index (Phi) is 7.35. The van der Waals surface area contributed by atoms with Crippen molar-refractivity contribution in [2.75, 3.05) is 0 Å². The molecule has 0 aliphatic heterocycles. The number of nitrogens with zero attached hydrogens (tertiary/aromatic N) is 2. The molecule has 0 amide bonds. The summed E-state index contributed by atoms with van der Waals surface area (Å²) >= 11 is 0. The maximum Gasteiger partial charge on any atom is 0.127 e. The molecule has 0 saturated heterocycles. The normalized spacial score (nSPS) is 11.6. The Morgan fingerprint density at radius 3 is 1.24 bits per heavy atom. The number of phenolic OH excluding ortho intramolecular Hbond substituents is 2. The van der Waals surface area contributed by atoms with Gasteiger partial charge in [0.25, 0.3) is 0 Å². The predicted octanol–water partition coefficient (Wildman–Crippen LogP) is 9.70. The van der Waals surface area contributed by atoms with Crippen molar-refractivity contribution < 1.29 is 10.2 Å². The zero-order valence-corrected chi connectivity index (χ0v) is 23.5. The van der Waals surface area contributed by atoms with Crippen molar-refractivity contribution in [2.45, 2.75) is 13.8 Å². The smallest absolute Gasteiger partial charge is 0.127 e. The van der Waals surface area contributed by atoms with Gasteiger partial charge in [-0.05, 0) is 94.4 Å². The predicted molar refractivity (Wildman–Crippen MR) is 175 cm³/mol. The lowest BCUT2D eigenvalue weighted by Gasteiger charge is -2.10. The van der Waals surface area contributed by atoms with Gasteiger partial charge in [-0.3, -0.25) is 9.98 Å². The average molecular weight is 547 g/mol. The van der Waals surface area contributed by atoms with E-state index in [9.17, 15) is 10.2 Å². The molecule has 0 aromatic heterocycles. The van der Waals surface area contributed by atoms with Crippen LogP contribution in [0.2, 0.25) is 0 Å². The number of aromatic hydroxyl groups is 2. The molecule has 0 aliphatic carbocycles. The van der Waals surface area contributed by atoms with Crippen LogP contribution in [0.3, 0.4) is 0 Å². The van der Waals surface area contributed by atoms with Crippen LogP contribution in [0.4, 0.5) is 11.4 Å². The van der Waals surface area contributed by atoms with E-state index in [2.05, 4.69) is 0 Å². The first-order chi connectivity index (χ1) is 20.5. The molecule has 4 nitrogen and oxygen atoms in total. The minimum Gasteiger partial charge on any atom is -0.507 e. The van der Waals surface area contributed by atoms with Gasteiger partial charge >= 0.3 is 0 Å². The Labute approximate surface area is 245 Å². The molecular formula is C38H30N2O2. The molecule has 6 aromatic rings. The summed E-state index contributed by atoms with van der Waals surface area (Å²) in [6.07, 6.45) is 3.38. The summed E-state index contributed by atoms with van der Waals surface area (Å²) in [4.78, 5) is 9.64. The second kappa shape index (κ2) is 11.6. The number of hydrogen-bond donors (Lipinski definition) is 2. The van der Waals surface area contributed by atoms with Crippen LogP contribution in [0.15, 0.2) is 131 Å². The first-order valence-electron chi connectivity index (χ1n) is 13.9. The van der Waals surface area contributed by atoms with E-state index in [1.165, 1.54) is 0 Å². The molecule has 0 spiro atoms. The molecule has 42 heavy (non-hydrogen) atoms. The quantitative estimate of drug-likeness (QED) is 0.204. The monoisotopic (exact) mass is 546 g/mol. The van der Waals surface area contributed by atoms with Gasteiger partial charge in [-0.1, -0.05) is 84.9 Å². The largest absolute Gasteiger partial charge is 0.507 e. The maximum absolute atomic E-state index is 10.9. The lowest BCUT2D eigenvalue weighted by molar-refractivity contribution is 0.470. The minimum atomic E-state index is 0.197. The van der Waals surface area contributed by atoms with Gasteiger partial charge in [-0.15, -0.1) is 0 Å². The topological polar surface area (TPSA) is 65.2 Å². The van der Waals surface area contributed by atoms with E-state index >= 15 is 0 Å². The summed E-state index contributed by atoms with van der Waals surface area (Å²) in [6.45, 7) is 3.78. The number of phenols is 2. The van der Waals surface area contributed by atoms with E-state index in [-0.39, 0.29) is 11.5 Å². The molecule has 0 heterocycles. The van der Waals surface area contributed by atoms with Crippen LogP contribution in [0, 0.1) is 13.8 Å². The third-order valence-corrected chi connectivity index (χ3v) is 7.40. The second-order valence-electron chi connectivity index (χ2n) is 10.4. The fourth-order valence-corrected chi connectivity index (χ4v) is 5.11. The summed E-state index contributed by atoms with van der Waals surface area (Å²) in [6, 6.07) is 40.1. The van der Waals surface area contributed by atoms with Crippen LogP contribution in [0.1, 0.15) is 22.3 Å². The van der Waals surface area contributed by atoms with E-state index in [0.29, 0.717) is 22.5 Å². The van der Waals surface area contributed by atoms with E-state index in [1.807, 2.05) is 135 Å². The lowest BCUT2D eigenvalue weighted by atomic mass is 9.99. The number of hydrogen-bond acceptors (Lipinski definition) is 4. The SMILES string of the molecule is Cc1cc(-c2ccccc2)cc(C=Nc2cc3ccccc3cc2N=Cc2cc(-c3ccccc3)cc(C)c2O)c1O. The van der Waals surface area contributed by atoms with Crippen molar-refractivity contribution in [3.8, 4) is 33.8 Å². The summed E-state index contributed by atoms with van der Waals surface area (Å²) in [7, 11) is 0. The number of aryl methyl sites for hydroxylation is 2. The molecule has 4 heteroatoms. The average Bonchev–Trinajstić information content (AvgIpc) is 3.03. The number of benzene rings is 6. The van der Waals surface area contributed by atoms with Crippen LogP contribution in [-0.2, 0) is 0 Å². The molecule has 0 saturated carbocycles. The van der Waals surface area contributed by atoms with Gasteiger partial charge in [-0.25, -0.2) is 0 Å². The maximum atomic E-state index is 10.9. The first kappa shape index (κ1) is 26.7. The molecule has 204 valence electrons. The highest BCUT2D eigenvalue weighted by Gasteiger charge is 2.10. The van der Waals surface area contributed by atoms with E-state index in [0.717, 1.165) is 44.2 Å². The number of rotatable bonds is 6. The Morgan fingerprint density at radius 1 is 0.452 bits per heavy atom. The summed E-state index contributed by atoms with van der Waals surface area (Å²) in [5.74, 6) is 0.393.